The van der Waals surface area contributed by atoms with E-state index in [0.717, 1.165) is 17.5 Å². The van der Waals surface area contributed by atoms with Crippen molar-refractivity contribution >= 4 is 29.4 Å². The quantitative estimate of drug-likeness (QED) is 0.628. The Morgan fingerprint density at radius 3 is 2.68 bits per heavy atom. The highest BCUT2D eigenvalue weighted by atomic mass is 35.5. The van der Waals surface area contributed by atoms with Gasteiger partial charge in [-0.25, -0.2) is 4.79 Å². The number of aromatic nitrogens is 1. The summed E-state index contributed by atoms with van der Waals surface area (Å²) >= 11 is 5.93. The summed E-state index contributed by atoms with van der Waals surface area (Å²) in [5, 5.41) is 7.34. The molecule has 4 rings (SSSR count). The molecule has 8 heteroatoms. The second-order valence-electron chi connectivity index (χ2n) is 7.54. The minimum absolute atomic E-state index is 0.0901. The van der Waals surface area contributed by atoms with E-state index >= 15 is 0 Å². The standard InChI is InChI=1S/C23H23ClN4O3/c1-27(15-16-9-11-18(24)12-10-16)22(29)19-8-5-13-28(19)23(30)25-21-14-20(31-26-21)17-6-3-2-4-7-17/h2-4,6-7,9-12,14,19H,5,8,13,15H2,1H3,(H,25,26,30). The first-order chi connectivity index (χ1) is 15.0. The van der Waals surface area contributed by atoms with E-state index in [4.69, 9.17) is 16.1 Å². The smallest absolute Gasteiger partial charge is 0.323 e. The molecule has 2 aromatic carbocycles. The Bertz CT molecular complexity index is 1050. The summed E-state index contributed by atoms with van der Waals surface area (Å²) in [5.41, 5.74) is 1.85. The second kappa shape index (κ2) is 9.22. The fourth-order valence-electron chi connectivity index (χ4n) is 3.72. The van der Waals surface area contributed by atoms with E-state index in [0.29, 0.717) is 36.1 Å². The van der Waals surface area contributed by atoms with Crippen LogP contribution in [0.2, 0.25) is 5.02 Å². The van der Waals surface area contributed by atoms with Crippen LogP contribution in [0.5, 0.6) is 0 Å². The van der Waals surface area contributed by atoms with Gasteiger partial charge < -0.3 is 14.3 Å². The zero-order valence-corrected chi connectivity index (χ0v) is 17.9. The minimum Gasteiger partial charge on any atom is -0.354 e. The SMILES string of the molecule is CN(Cc1ccc(Cl)cc1)C(=O)C1CCCN1C(=O)Nc1cc(-c2ccccc2)on1. The molecule has 1 fully saturated rings. The Morgan fingerprint density at radius 2 is 1.94 bits per heavy atom. The highest BCUT2D eigenvalue weighted by Crippen LogP contribution is 2.24. The van der Waals surface area contributed by atoms with Crippen molar-refractivity contribution in [3.8, 4) is 11.3 Å². The molecule has 1 aromatic heterocycles. The Kier molecular flexibility index (Phi) is 6.23. The number of carbonyl (C=O) groups excluding carboxylic acids is 2. The molecule has 3 amide bonds. The predicted octanol–water partition coefficient (Wildman–Crippen LogP) is 4.65. The van der Waals surface area contributed by atoms with Gasteiger partial charge in [-0.3, -0.25) is 10.1 Å². The summed E-state index contributed by atoms with van der Waals surface area (Å²) in [6.45, 7) is 0.964. The third kappa shape index (κ3) is 4.88. The number of urea groups is 1. The monoisotopic (exact) mass is 438 g/mol. The Balaban J connectivity index is 1.39. The van der Waals surface area contributed by atoms with Gasteiger partial charge in [-0.15, -0.1) is 0 Å². The van der Waals surface area contributed by atoms with Gasteiger partial charge in [-0.2, -0.15) is 0 Å². The average Bonchev–Trinajstić information content (AvgIpc) is 3.45. The van der Waals surface area contributed by atoms with E-state index in [9.17, 15) is 9.59 Å². The predicted molar refractivity (Wildman–Crippen MR) is 119 cm³/mol. The maximum atomic E-state index is 13.0. The van der Waals surface area contributed by atoms with Crippen molar-refractivity contribution in [1.82, 2.24) is 15.0 Å². The average molecular weight is 439 g/mol. The molecular formula is C23H23ClN4O3. The van der Waals surface area contributed by atoms with Crippen LogP contribution in [0.1, 0.15) is 18.4 Å². The van der Waals surface area contributed by atoms with Gasteiger partial charge in [-0.05, 0) is 30.5 Å². The molecule has 0 bridgehead atoms. The van der Waals surface area contributed by atoms with E-state index in [1.165, 1.54) is 0 Å². The fraction of sp³-hybridized carbons (Fsp3) is 0.261. The molecule has 0 radical (unpaired) electrons. The van der Waals surface area contributed by atoms with Crippen LogP contribution < -0.4 is 5.32 Å². The summed E-state index contributed by atoms with van der Waals surface area (Å²) in [7, 11) is 1.75. The number of nitrogens with one attached hydrogen (secondary N) is 1. The number of carbonyl (C=O) groups is 2. The number of nitrogens with zero attached hydrogens (tertiary/aromatic N) is 3. The number of amides is 3. The molecular weight excluding hydrogens is 416 g/mol. The van der Waals surface area contributed by atoms with E-state index in [1.807, 2.05) is 42.5 Å². The molecule has 1 aliphatic rings. The van der Waals surface area contributed by atoms with Crippen LogP contribution in [0.25, 0.3) is 11.3 Å². The second-order valence-corrected chi connectivity index (χ2v) is 7.98. The lowest BCUT2D eigenvalue weighted by atomic mass is 10.1. The van der Waals surface area contributed by atoms with Crippen LogP contribution in [-0.4, -0.2) is 46.5 Å². The molecule has 0 saturated carbocycles. The highest BCUT2D eigenvalue weighted by molar-refractivity contribution is 6.30. The highest BCUT2D eigenvalue weighted by Gasteiger charge is 2.36. The van der Waals surface area contributed by atoms with Crippen molar-refractivity contribution in [3.05, 3.63) is 71.2 Å². The normalized spacial score (nSPS) is 15.7. The van der Waals surface area contributed by atoms with Gasteiger partial charge in [-0.1, -0.05) is 59.2 Å². The molecule has 0 aliphatic carbocycles. The van der Waals surface area contributed by atoms with Crippen LogP contribution in [0.15, 0.2) is 65.2 Å². The number of anilines is 1. The van der Waals surface area contributed by atoms with Crippen molar-refractivity contribution in [2.45, 2.75) is 25.4 Å². The molecule has 1 unspecified atom stereocenters. The Morgan fingerprint density at radius 1 is 1.19 bits per heavy atom. The van der Waals surface area contributed by atoms with E-state index in [2.05, 4.69) is 10.5 Å². The van der Waals surface area contributed by atoms with Gasteiger partial charge >= 0.3 is 6.03 Å². The van der Waals surface area contributed by atoms with Crippen LogP contribution in [0, 0.1) is 0 Å². The Hall–Kier alpha value is -3.32. The first-order valence-electron chi connectivity index (χ1n) is 10.1. The molecule has 1 atom stereocenters. The van der Waals surface area contributed by atoms with Crippen LogP contribution in [-0.2, 0) is 11.3 Å². The largest absolute Gasteiger partial charge is 0.354 e. The van der Waals surface area contributed by atoms with Gasteiger partial charge in [0.15, 0.2) is 11.6 Å². The van der Waals surface area contributed by atoms with Crippen molar-refractivity contribution in [3.63, 3.8) is 0 Å². The third-order valence-corrected chi connectivity index (χ3v) is 5.56. The van der Waals surface area contributed by atoms with E-state index in [1.54, 1.807) is 35.0 Å². The fourth-order valence-corrected chi connectivity index (χ4v) is 3.84. The number of hydrogen-bond donors (Lipinski definition) is 1. The van der Waals surface area contributed by atoms with Crippen LogP contribution >= 0.6 is 11.6 Å². The molecule has 2 heterocycles. The van der Waals surface area contributed by atoms with Gasteiger partial charge in [0.1, 0.15) is 6.04 Å². The first kappa shape index (κ1) is 20.9. The van der Waals surface area contributed by atoms with Gasteiger partial charge in [0.2, 0.25) is 5.91 Å². The number of halogens is 1. The molecule has 3 aromatic rings. The minimum atomic E-state index is -0.502. The van der Waals surface area contributed by atoms with Crippen molar-refractivity contribution < 1.29 is 14.1 Å². The van der Waals surface area contributed by atoms with E-state index in [-0.39, 0.29) is 11.9 Å². The number of hydrogen-bond acceptors (Lipinski definition) is 4. The van der Waals surface area contributed by atoms with Crippen molar-refractivity contribution in [2.24, 2.45) is 0 Å². The van der Waals surface area contributed by atoms with Gasteiger partial charge in [0.05, 0.1) is 0 Å². The summed E-state index contributed by atoms with van der Waals surface area (Å²) in [6.07, 6.45) is 1.40. The zero-order valence-electron chi connectivity index (χ0n) is 17.1. The zero-order chi connectivity index (χ0) is 21.8. The third-order valence-electron chi connectivity index (χ3n) is 5.31. The summed E-state index contributed by atoms with van der Waals surface area (Å²) < 4.78 is 5.33. The molecule has 1 aliphatic heterocycles. The molecule has 160 valence electrons. The van der Waals surface area contributed by atoms with Gasteiger partial charge in [0.25, 0.3) is 0 Å². The Labute approximate surface area is 185 Å². The number of likely N-dealkylation sites (N-methyl/N-ethyl adjacent to an activating group) is 1. The lowest BCUT2D eigenvalue weighted by Crippen LogP contribution is -2.47. The molecule has 7 nitrogen and oxygen atoms in total. The van der Waals surface area contributed by atoms with Crippen molar-refractivity contribution in [1.29, 1.82) is 0 Å². The molecule has 0 spiro atoms. The van der Waals surface area contributed by atoms with E-state index < -0.39 is 6.04 Å². The maximum Gasteiger partial charge on any atom is 0.323 e. The lowest BCUT2D eigenvalue weighted by Gasteiger charge is -2.28. The van der Waals surface area contributed by atoms with Crippen LogP contribution in [0.4, 0.5) is 10.6 Å². The molecule has 1 saturated heterocycles. The summed E-state index contributed by atoms with van der Waals surface area (Å²) in [5.74, 6) is 0.789. The molecule has 1 N–H and O–H groups in total. The first-order valence-corrected chi connectivity index (χ1v) is 10.5. The van der Waals surface area contributed by atoms with Crippen molar-refractivity contribution in [2.75, 3.05) is 18.9 Å². The summed E-state index contributed by atoms with van der Waals surface area (Å²) in [4.78, 5) is 29.1. The number of likely N-dealkylation sites (tertiary alicyclic amines) is 1. The number of benzene rings is 2. The van der Waals surface area contributed by atoms with Crippen LogP contribution in [0.3, 0.4) is 0 Å². The summed E-state index contributed by atoms with van der Waals surface area (Å²) in [6, 6.07) is 17.7. The topological polar surface area (TPSA) is 78.7 Å². The number of rotatable bonds is 5. The molecule has 31 heavy (non-hydrogen) atoms. The lowest BCUT2D eigenvalue weighted by molar-refractivity contribution is -0.134. The maximum absolute atomic E-state index is 13.0. The van der Waals surface area contributed by atoms with Gasteiger partial charge in [0, 0.05) is 36.8 Å².